The number of aliphatic hydroxyl groups excluding tert-OH is 1. The fourth-order valence-corrected chi connectivity index (χ4v) is 4.54. The predicted octanol–water partition coefficient (Wildman–Crippen LogP) is 3.22. The van der Waals surface area contributed by atoms with Gasteiger partial charge < -0.3 is 14.7 Å². The number of carbonyl (C=O) groups is 1. The van der Waals surface area contributed by atoms with Crippen LogP contribution < -0.4 is 10.3 Å². The summed E-state index contributed by atoms with van der Waals surface area (Å²) < 4.78 is 7.39. The van der Waals surface area contributed by atoms with Crippen molar-refractivity contribution in [3.8, 4) is 5.75 Å². The Morgan fingerprint density at radius 1 is 1.25 bits per heavy atom. The monoisotopic (exact) mass is 471 g/mol. The van der Waals surface area contributed by atoms with E-state index in [4.69, 9.17) is 16.3 Å². The van der Waals surface area contributed by atoms with Crippen molar-refractivity contribution < 1.29 is 14.6 Å². The van der Waals surface area contributed by atoms with Gasteiger partial charge in [0.2, 0.25) is 0 Å². The molecule has 1 N–H and O–H groups in total. The van der Waals surface area contributed by atoms with Crippen LogP contribution in [0.1, 0.15) is 21.5 Å². The molecular formula is C23H22ClN3O4S. The number of halogens is 1. The highest BCUT2D eigenvalue weighted by Gasteiger charge is 2.24. The molecule has 32 heavy (non-hydrogen) atoms. The van der Waals surface area contributed by atoms with Crippen molar-refractivity contribution >= 4 is 29.3 Å². The molecule has 0 saturated carbocycles. The molecule has 4 rings (SSSR count). The maximum Gasteiger partial charge on any atom is 0.267 e. The summed E-state index contributed by atoms with van der Waals surface area (Å²) in [6.45, 7) is 0.956. The van der Waals surface area contributed by atoms with Crippen molar-refractivity contribution in [2.24, 2.45) is 0 Å². The summed E-state index contributed by atoms with van der Waals surface area (Å²) in [6.07, 6.45) is 1.34. The molecule has 0 saturated heterocycles. The third-order valence-electron chi connectivity index (χ3n) is 5.07. The summed E-state index contributed by atoms with van der Waals surface area (Å²) in [5.74, 6) is 0.947. The minimum absolute atomic E-state index is 0.0100. The Morgan fingerprint density at radius 2 is 2.09 bits per heavy atom. The molecule has 0 radical (unpaired) electrons. The zero-order chi connectivity index (χ0) is 22.5. The zero-order valence-corrected chi connectivity index (χ0v) is 18.8. The number of carbonyl (C=O) groups excluding carboxylic acids is 1. The van der Waals surface area contributed by atoms with Gasteiger partial charge in [0.15, 0.2) is 5.16 Å². The van der Waals surface area contributed by atoms with Gasteiger partial charge in [-0.2, -0.15) is 0 Å². The summed E-state index contributed by atoms with van der Waals surface area (Å²) >= 11 is 7.68. The van der Waals surface area contributed by atoms with Gasteiger partial charge >= 0.3 is 0 Å². The van der Waals surface area contributed by atoms with Crippen molar-refractivity contribution in [2.45, 2.75) is 24.9 Å². The van der Waals surface area contributed by atoms with E-state index in [1.54, 1.807) is 0 Å². The molecular weight excluding hydrogens is 450 g/mol. The van der Waals surface area contributed by atoms with Crippen LogP contribution in [-0.4, -0.2) is 44.4 Å². The van der Waals surface area contributed by atoms with Crippen LogP contribution in [0, 0.1) is 0 Å². The van der Waals surface area contributed by atoms with Gasteiger partial charge in [0.25, 0.3) is 11.5 Å². The maximum atomic E-state index is 13.1. The lowest BCUT2D eigenvalue weighted by molar-refractivity contribution is 0.0704. The van der Waals surface area contributed by atoms with E-state index in [1.807, 2.05) is 48.5 Å². The van der Waals surface area contributed by atoms with Gasteiger partial charge in [-0.25, -0.2) is 4.98 Å². The van der Waals surface area contributed by atoms with E-state index in [1.165, 1.54) is 27.4 Å². The Morgan fingerprint density at radius 3 is 2.91 bits per heavy atom. The predicted molar refractivity (Wildman–Crippen MR) is 123 cm³/mol. The van der Waals surface area contributed by atoms with E-state index in [0.717, 1.165) is 16.9 Å². The lowest BCUT2D eigenvalue weighted by atomic mass is 10.1. The first-order valence-electron chi connectivity index (χ1n) is 10.1. The van der Waals surface area contributed by atoms with Crippen LogP contribution in [0.2, 0.25) is 5.02 Å². The zero-order valence-electron chi connectivity index (χ0n) is 17.2. The number of amides is 1. The lowest BCUT2D eigenvalue weighted by Gasteiger charge is -2.22. The van der Waals surface area contributed by atoms with Crippen molar-refractivity contribution in [3.63, 3.8) is 0 Å². The van der Waals surface area contributed by atoms with E-state index >= 15 is 0 Å². The van der Waals surface area contributed by atoms with Crippen molar-refractivity contribution in [3.05, 3.63) is 86.8 Å². The quantitative estimate of drug-likeness (QED) is 0.508. The summed E-state index contributed by atoms with van der Waals surface area (Å²) in [6, 6.07) is 14.8. The smallest absolute Gasteiger partial charge is 0.267 e. The van der Waals surface area contributed by atoms with Crippen LogP contribution in [0.25, 0.3) is 0 Å². The highest BCUT2D eigenvalue weighted by molar-refractivity contribution is 7.99. The SMILES string of the molecule is O=C(c1cnc2n(c1=O)CCS2)N(CCO)Cc1cccc(OCc2ccccc2Cl)c1. The normalized spacial score (nSPS) is 12.4. The Bertz CT molecular complexity index is 1180. The molecule has 1 aliphatic heterocycles. The number of benzene rings is 2. The van der Waals surface area contributed by atoms with Crippen LogP contribution in [-0.2, 0) is 19.7 Å². The van der Waals surface area contributed by atoms with Crippen LogP contribution in [0.5, 0.6) is 5.75 Å². The topological polar surface area (TPSA) is 84.7 Å². The molecule has 1 aliphatic rings. The second-order valence-corrected chi connectivity index (χ2v) is 8.71. The minimum atomic E-state index is -0.453. The molecule has 1 amide bonds. The number of aromatic nitrogens is 2. The number of hydrogen-bond donors (Lipinski definition) is 1. The van der Waals surface area contributed by atoms with Crippen LogP contribution in [0.3, 0.4) is 0 Å². The van der Waals surface area contributed by atoms with Crippen LogP contribution >= 0.6 is 23.4 Å². The summed E-state index contributed by atoms with van der Waals surface area (Å²) in [5.41, 5.74) is 1.35. The molecule has 0 bridgehead atoms. The first-order valence-corrected chi connectivity index (χ1v) is 11.5. The fourth-order valence-electron chi connectivity index (χ4n) is 3.44. The Kier molecular flexibility index (Phi) is 7.14. The molecule has 0 fully saturated rings. The van der Waals surface area contributed by atoms with Crippen LogP contribution in [0.4, 0.5) is 0 Å². The Labute approximate surface area is 194 Å². The first-order chi connectivity index (χ1) is 15.6. The van der Waals surface area contributed by atoms with Crippen LogP contribution in [0.15, 0.2) is 64.7 Å². The minimum Gasteiger partial charge on any atom is -0.489 e. The van der Waals surface area contributed by atoms with E-state index in [2.05, 4.69) is 4.98 Å². The van der Waals surface area contributed by atoms with E-state index < -0.39 is 5.91 Å². The number of nitrogens with zero attached hydrogens (tertiary/aromatic N) is 3. The van der Waals surface area contributed by atoms with Gasteiger partial charge in [0, 0.05) is 42.2 Å². The molecule has 2 heterocycles. The van der Waals surface area contributed by atoms with Gasteiger partial charge in [-0.1, -0.05) is 53.7 Å². The number of thioether (sulfide) groups is 1. The third kappa shape index (κ3) is 4.98. The molecule has 166 valence electrons. The van der Waals surface area contributed by atoms with Gasteiger partial charge in [-0.3, -0.25) is 14.2 Å². The maximum absolute atomic E-state index is 13.1. The molecule has 0 aliphatic carbocycles. The number of hydrogen-bond acceptors (Lipinski definition) is 6. The average Bonchev–Trinajstić information content (AvgIpc) is 3.28. The number of aliphatic hydroxyl groups is 1. The second-order valence-electron chi connectivity index (χ2n) is 7.24. The third-order valence-corrected chi connectivity index (χ3v) is 6.41. The number of fused-ring (bicyclic) bond motifs is 1. The fraction of sp³-hybridized carbons (Fsp3) is 0.261. The number of ether oxygens (including phenoxy) is 1. The Balaban J connectivity index is 1.50. The van der Waals surface area contributed by atoms with Gasteiger partial charge in [0.1, 0.15) is 17.9 Å². The summed E-state index contributed by atoms with van der Waals surface area (Å²) in [4.78, 5) is 31.5. The first kappa shape index (κ1) is 22.4. The van der Waals surface area contributed by atoms with E-state index in [-0.39, 0.29) is 30.8 Å². The average molecular weight is 472 g/mol. The number of rotatable bonds is 8. The summed E-state index contributed by atoms with van der Waals surface area (Å²) in [5, 5.41) is 10.8. The van der Waals surface area contributed by atoms with Gasteiger partial charge in [0.05, 0.1) is 6.61 Å². The standard InChI is InChI=1S/C23H22ClN3O4S/c24-20-7-2-1-5-17(20)15-31-18-6-3-4-16(12-18)14-26(8-10-28)21(29)19-13-25-23-27(22(19)30)9-11-32-23/h1-7,12-13,28H,8-11,14-15H2. The van der Waals surface area contributed by atoms with Crippen molar-refractivity contribution in [1.29, 1.82) is 0 Å². The highest BCUT2D eigenvalue weighted by atomic mass is 35.5. The summed E-state index contributed by atoms with van der Waals surface area (Å²) in [7, 11) is 0. The lowest BCUT2D eigenvalue weighted by Crippen LogP contribution is -2.38. The van der Waals surface area contributed by atoms with E-state index in [9.17, 15) is 14.7 Å². The highest BCUT2D eigenvalue weighted by Crippen LogP contribution is 2.22. The molecule has 1 aromatic heterocycles. The second kappa shape index (κ2) is 10.2. The molecule has 0 unspecified atom stereocenters. The van der Waals surface area contributed by atoms with Gasteiger partial charge in [-0.15, -0.1) is 0 Å². The van der Waals surface area contributed by atoms with E-state index in [0.29, 0.717) is 29.1 Å². The van der Waals surface area contributed by atoms with Gasteiger partial charge in [-0.05, 0) is 23.8 Å². The largest absolute Gasteiger partial charge is 0.489 e. The molecule has 0 atom stereocenters. The Hall–Kier alpha value is -2.81. The molecule has 2 aromatic carbocycles. The van der Waals surface area contributed by atoms with Crippen molar-refractivity contribution in [2.75, 3.05) is 18.9 Å². The molecule has 0 spiro atoms. The molecule has 3 aromatic rings. The van der Waals surface area contributed by atoms with Crippen molar-refractivity contribution in [1.82, 2.24) is 14.5 Å². The molecule has 7 nitrogen and oxygen atoms in total. The molecule has 9 heteroatoms.